The molecule has 0 unspecified atom stereocenters. The summed E-state index contributed by atoms with van der Waals surface area (Å²) in [4.78, 5) is 0. The minimum atomic E-state index is 0.142. The molecular weight excluding hydrogens is 150 g/mol. The average molecular weight is 165 g/mol. The predicted molar refractivity (Wildman–Crippen MR) is 47.7 cm³/mol. The third kappa shape index (κ3) is 1.05. The minimum absolute atomic E-state index is 0.142. The van der Waals surface area contributed by atoms with E-state index in [1.807, 2.05) is 23.1 Å². The fourth-order valence-electron chi connectivity index (χ4n) is 2.11. The molecule has 0 radical (unpaired) electrons. The van der Waals surface area contributed by atoms with Crippen molar-refractivity contribution < 1.29 is 0 Å². The summed E-state index contributed by atoms with van der Waals surface area (Å²) in [5.41, 5.74) is 5.94. The van der Waals surface area contributed by atoms with Gasteiger partial charge in [0.25, 0.3) is 0 Å². The maximum absolute atomic E-state index is 5.80. The molecule has 1 aromatic heterocycles. The normalized spacial score (nSPS) is 21.4. The van der Waals surface area contributed by atoms with E-state index in [0.29, 0.717) is 6.54 Å². The minimum Gasteiger partial charge on any atom is -0.328 e. The highest BCUT2D eigenvalue weighted by Gasteiger charge is 2.34. The average Bonchev–Trinajstić information content (AvgIpc) is 2.76. The fraction of sp³-hybridized carbons (Fsp3) is 0.667. The van der Waals surface area contributed by atoms with Crippen molar-refractivity contribution in [1.82, 2.24) is 9.78 Å². The van der Waals surface area contributed by atoms with Gasteiger partial charge in [0.15, 0.2) is 0 Å². The molecule has 3 nitrogen and oxygen atoms in total. The van der Waals surface area contributed by atoms with Crippen molar-refractivity contribution in [3.63, 3.8) is 0 Å². The van der Waals surface area contributed by atoms with Crippen molar-refractivity contribution in [2.75, 3.05) is 6.54 Å². The lowest BCUT2D eigenvalue weighted by atomic mass is 9.98. The van der Waals surface area contributed by atoms with Gasteiger partial charge in [-0.15, -0.1) is 0 Å². The van der Waals surface area contributed by atoms with Crippen molar-refractivity contribution in [2.24, 2.45) is 5.73 Å². The molecule has 0 bridgehead atoms. The molecule has 1 aliphatic carbocycles. The van der Waals surface area contributed by atoms with E-state index in [-0.39, 0.29) is 5.54 Å². The first-order valence-corrected chi connectivity index (χ1v) is 4.58. The fourth-order valence-corrected chi connectivity index (χ4v) is 2.11. The highest BCUT2D eigenvalue weighted by atomic mass is 15.3. The van der Waals surface area contributed by atoms with Crippen molar-refractivity contribution in [1.29, 1.82) is 0 Å². The van der Waals surface area contributed by atoms with Gasteiger partial charge in [0.1, 0.15) is 0 Å². The third-order valence-corrected chi connectivity index (χ3v) is 2.90. The van der Waals surface area contributed by atoms with Crippen molar-refractivity contribution in [3.8, 4) is 0 Å². The predicted octanol–water partition coefficient (Wildman–Crippen LogP) is 1.11. The Kier molecular flexibility index (Phi) is 1.89. The van der Waals surface area contributed by atoms with E-state index in [2.05, 4.69) is 5.10 Å². The highest BCUT2D eigenvalue weighted by molar-refractivity contribution is 4.94. The van der Waals surface area contributed by atoms with Crippen LogP contribution in [0.25, 0.3) is 0 Å². The zero-order valence-electron chi connectivity index (χ0n) is 7.24. The van der Waals surface area contributed by atoms with E-state index in [4.69, 9.17) is 5.73 Å². The van der Waals surface area contributed by atoms with Gasteiger partial charge in [0, 0.05) is 18.9 Å². The van der Waals surface area contributed by atoms with Crippen LogP contribution in [0.1, 0.15) is 25.7 Å². The number of hydrogen-bond acceptors (Lipinski definition) is 2. The number of hydrogen-bond donors (Lipinski definition) is 1. The molecule has 1 saturated carbocycles. The first-order valence-electron chi connectivity index (χ1n) is 4.58. The lowest BCUT2D eigenvalue weighted by molar-refractivity contribution is 0.273. The van der Waals surface area contributed by atoms with Gasteiger partial charge in [-0.05, 0) is 18.9 Å². The molecule has 0 aliphatic heterocycles. The molecule has 1 heterocycles. The van der Waals surface area contributed by atoms with Gasteiger partial charge in [0.05, 0.1) is 5.54 Å². The van der Waals surface area contributed by atoms with Gasteiger partial charge in [-0.3, -0.25) is 4.68 Å². The summed E-state index contributed by atoms with van der Waals surface area (Å²) in [6.45, 7) is 0.717. The van der Waals surface area contributed by atoms with E-state index in [9.17, 15) is 0 Å². The van der Waals surface area contributed by atoms with Gasteiger partial charge >= 0.3 is 0 Å². The number of aromatic nitrogens is 2. The van der Waals surface area contributed by atoms with Crippen LogP contribution in [0.15, 0.2) is 18.5 Å². The Bertz CT molecular complexity index is 234. The molecule has 0 saturated heterocycles. The maximum atomic E-state index is 5.80. The molecule has 3 heteroatoms. The van der Waals surface area contributed by atoms with Crippen LogP contribution < -0.4 is 5.73 Å². The van der Waals surface area contributed by atoms with Crippen LogP contribution in [0.4, 0.5) is 0 Å². The van der Waals surface area contributed by atoms with E-state index >= 15 is 0 Å². The van der Waals surface area contributed by atoms with Crippen LogP contribution >= 0.6 is 0 Å². The lowest BCUT2D eigenvalue weighted by Crippen LogP contribution is -2.38. The van der Waals surface area contributed by atoms with Gasteiger partial charge in [0.2, 0.25) is 0 Å². The molecule has 2 N–H and O–H groups in total. The van der Waals surface area contributed by atoms with E-state index in [0.717, 1.165) is 0 Å². The van der Waals surface area contributed by atoms with Crippen LogP contribution in [-0.2, 0) is 5.54 Å². The van der Waals surface area contributed by atoms with Crippen LogP contribution in [0.3, 0.4) is 0 Å². The molecule has 1 aliphatic rings. The van der Waals surface area contributed by atoms with Crippen molar-refractivity contribution in [3.05, 3.63) is 18.5 Å². The molecule has 66 valence electrons. The summed E-state index contributed by atoms with van der Waals surface area (Å²) in [6.07, 6.45) is 8.80. The largest absolute Gasteiger partial charge is 0.328 e. The maximum Gasteiger partial charge on any atom is 0.0749 e. The Hall–Kier alpha value is -0.830. The Balaban J connectivity index is 2.28. The molecule has 0 atom stereocenters. The zero-order chi connectivity index (χ0) is 8.44. The SMILES string of the molecule is NCC1(n2cccn2)CCCC1. The third-order valence-electron chi connectivity index (χ3n) is 2.90. The first kappa shape index (κ1) is 7.80. The van der Waals surface area contributed by atoms with Crippen molar-refractivity contribution in [2.45, 2.75) is 31.2 Å². The summed E-state index contributed by atoms with van der Waals surface area (Å²) < 4.78 is 2.04. The summed E-state index contributed by atoms with van der Waals surface area (Å²) >= 11 is 0. The summed E-state index contributed by atoms with van der Waals surface area (Å²) in [5, 5.41) is 4.28. The lowest BCUT2D eigenvalue weighted by Gasteiger charge is -2.27. The topological polar surface area (TPSA) is 43.8 Å². The summed E-state index contributed by atoms with van der Waals surface area (Å²) in [7, 11) is 0. The molecule has 1 fully saturated rings. The van der Waals surface area contributed by atoms with E-state index in [1.54, 1.807) is 0 Å². The molecule has 0 amide bonds. The van der Waals surface area contributed by atoms with Gasteiger partial charge in [-0.1, -0.05) is 12.8 Å². The molecule has 12 heavy (non-hydrogen) atoms. The number of rotatable bonds is 2. The van der Waals surface area contributed by atoms with E-state index in [1.165, 1.54) is 25.7 Å². The number of nitrogens with zero attached hydrogens (tertiary/aromatic N) is 2. The van der Waals surface area contributed by atoms with Gasteiger partial charge in [-0.25, -0.2) is 0 Å². The Labute approximate surface area is 72.6 Å². The monoisotopic (exact) mass is 165 g/mol. The first-order chi connectivity index (χ1) is 5.87. The molecule has 0 spiro atoms. The molecule has 2 rings (SSSR count). The van der Waals surface area contributed by atoms with Crippen LogP contribution in [0.2, 0.25) is 0 Å². The summed E-state index contributed by atoms with van der Waals surface area (Å²) in [5.74, 6) is 0. The molecule has 0 aromatic carbocycles. The van der Waals surface area contributed by atoms with E-state index < -0.39 is 0 Å². The molecular formula is C9H15N3. The van der Waals surface area contributed by atoms with Crippen LogP contribution in [0.5, 0.6) is 0 Å². The number of nitrogens with two attached hydrogens (primary N) is 1. The van der Waals surface area contributed by atoms with Gasteiger partial charge in [-0.2, -0.15) is 5.10 Å². The Morgan fingerprint density at radius 2 is 2.17 bits per heavy atom. The quantitative estimate of drug-likeness (QED) is 0.713. The zero-order valence-corrected chi connectivity index (χ0v) is 7.24. The smallest absolute Gasteiger partial charge is 0.0749 e. The Morgan fingerprint density at radius 1 is 1.42 bits per heavy atom. The van der Waals surface area contributed by atoms with Crippen molar-refractivity contribution >= 4 is 0 Å². The van der Waals surface area contributed by atoms with Gasteiger partial charge < -0.3 is 5.73 Å². The van der Waals surface area contributed by atoms with Crippen LogP contribution in [-0.4, -0.2) is 16.3 Å². The highest BCUT2D eigenvalue weighted by Crippen LogP contribution is 2.34. The summed E-state index contributed by atoms with van der Waals surface area (Å²) in [6, 6.07) is 1.97. The second-order valence-corrected chi connectivity index (χ2v) is 3.59. The second-order valence-electron chi connectivity index (χ2n) is 3.59. The standard InChI is InChI=1S/C9H15N3/c10-8-9(4-1-2-5-9)12-7-3-6-11-12/h3,6-7H,1-2,4-5,8,10H2. The molecule has 1 aromatic rings. The Morgan fingerprint density at radius 3 is 2.67 bits per heavy atom. The van der Waals surface area contributed by atoms with Crippen LogP contribution in [0, 0.1) is 0 Å². The second kappa shape index (κ2) is 2.90.